The van der Waals surface area contributed by atoms with Gasteiger partial charge < -0.3 is 5.73 Å². The molecule has 0 saturated heterocycles. The van der Waals surface area contributed by atoms with Gasteiger partial charge in [-0.25, -0.2) is 4.68 Å². The van der Waals surface area contributed by atoms with E-state index in [0.717, 1.165) is 0 Å². The first-order valence-corrected chi connectivity index (χ1v) is 7.92. The van der Waals surface area contributed by atoms with Gasteiger partial charge in [-0.05, 0) is 25.1 Å². The minimum Gasteiger partial charge on any atom is -0.364 e. The molecule has 7 heteroatoms. The van der Waals surface area contributed by atoms with Crippen LogP contribution in [0.15, 0.2) is 48.8 Å². The summed E-state index contributed by atoms with van der Waals surface area (Å²) in [6.07, 6.45) is 3.51. The number of hydrogen-bond acceptors (Lipinski definition) is 4. The van der Waals surface area contributed by atoms with E-state index in [0.29, 0.717) is 27.5 Å². The Kier molecular flexibility index (Phi) is 4.63. The molecule has 0 aliphatic carbocycles. The van der Waals surface area contributed by atoms with Crippen LogP contribution < -0.4 is 5.73 Å². The second-order valence-electron chi connectivity index (χ2n) is 5.56. The van der Waals surface area contributed by atoms with Crippen LogP contribution in [0, 0.1) is 0 Å². The van der Waals surface area contributed by atoms with E-state index in [1.54, 1.807) is 42.7 Å². The SMILES string of the molecule is CC(=O)Cc1cc(-n2cc(-c3ccccc3Cl)c(C(N)=O)n2)ccn1. The van der Waals surface area contributed by atoms with E-state index in [1.807, 2.05) is 6.07 Å². The largest absolute Gasteiger partial charge is 0.364 e. The van der Waals surface area contributed by atoms with Crippen LogP contribution in [-0.2, 0) is 11.2 Å². The van der Waals surface area contributed by atoms with Crippen LogP contribution in [0.25, 0.3) is 16.8 Å². The monoisotopic (exact) mass is 354 g/mol. The fraction of sp³-hybridized carbons (Fsp3) is 0.111. The van der Waals surface area contributed by atoms with Gasteiger partial charge in [0.05, 0.1) is 5.69 Å². The molecular formula is C18H15ClN4O2. The van der Waals surface area contributed by atoms with E-state index in [1.165, 1.54) is 11.6 Å². The molecule has 3 aromatic rings. The summed E-state index contributed by atoms with van der Waals surface area (Å²) >= 11 is 6.24. The van der Waals surface area contributed by atoms with E-state index < -0.39 is 5.91 Å². The maximum atomic E-state index is 11.8. The molecule has 0 aliphatic heterocycles. The zero-order chi connectivity index (χ0) is 18.0. The van der Waals surface area contributed by atoms with E-state index in [9.17, 15) is 9.59 Å². The molecule has 0 spiro atoms. The summed E-state index contributed by atoms with van der Waals surface area (Å²) in [5.41, 5.74) is 8.11. The maximum absolute atomic E-state index is 11.8. The molecule has 6 nitrogen and oxygen atoms in total. The van der Waals surface area contributed by atoms with Gasteiger partial charge in [-0.3, -0.25) is 14.6 Å². The third-order valence-corrected chi connectivity index (χ3v) is 3.94. The summed E-state index contributed by atoms with van der Waals surface area (Å²) in [5.74, 6) is -0.633. The van der Waals surface area contributed by atoms with E-state index in [2.05, 4.69) is 10.1 Å². The molecule has 0 bridgehead atoms. The average Bonchev–Trinajstić information content (AvgIpc) is 3.00. The highest BCUT2D eigenvalue weighted by atomic mass is 35.5. The summed E-state index contributed by atoms with van der Waals surface area (Å²) < 4.78 is 1.53. The van der Waals surface area contributed by atoms with Gasteiger partial charge in [0.15, 0.2) is 5.69 Å². The van der Waals surface area contributed by atoms with Gasteiger partial charge >= 0.3 is 0 Å². The molecule has 0 atom stereocenters. The minimum atomic E-state index is -0.647. The molecule has 0 saturated carbocycles. The quantitative estimate of drug-likeness (QED) is 0.762. The lowest BCUT2D eigenvalue weighted by Gasteiger charge is -2.03. The zero-order valence-electron chi connectivity index (χ0n) is 13.4. The van der Waals surface area contributed by atoms with Crippen LogP contribution in [0.2, 0.25) is 5.02 Å². The summed E-state index contributed by atoms with van der Waals surface area (Å²) in [6.45, 7) is 1.50. The Bertz CT molecular complexity index is 965. The number of carbonyl (C=O) groups is 2. The van der Waals surface area contributed by atoms with Gasteiger partial charge in [0.2, 0.25) is 0 Å². The van der Waals surface area contributed by atoms with Crippen LogP contribution >= 0.6 is 11.6 Å². The predicted molar refractivity (Wildman–Crippen MR) is 94.7 cm³/mol. The number of aromatic nitrogens is 3. The first kappa shape index (κ1) is 16.9. The normalized spacial score (nSPS) is 10.6. The van der Waals surface area contributed by atoms with Gasteiger partial charge in [-0.2, -0.15) is 5.10 Å². The predicted octanol–water partition coefficient (Wildman–Crippen LogP) is 2.82. The lowest BCUT2D eigenvalue weighted by atomic mass is 10.1. The molecule has 2 heterocycles. The Morgan fingerprint density at radius 2 is 1.96 bits per heavy atom. The van der Waals surface area contributed by atoms with E-state index in [-0.39, 0.29) is 17.9 Å². The van der Waals surface area contributed by atoms with Crippen LogP contribution in [-0.4, -0.2) is 26.5 Å². The van der Waals surface area contributed by atoms with E-state index in [4.69, 9.17) is 17.3 Å². The van der Waals surface area contributed by atoms with Crippen molar-refractivity contribution >= 4 is 23.3 Å². The van der Waals surface area contributed by atoms with Crippen molar-refractivity contribution in [2.75, 3.05) is 0 Å². The molecule has 1 amide bonds. The van der Waals surface area contributed by atoms with Crippen molar-refractivity contribution in [3.63, 3.8) is 0 Å². The number of ketones is 1. The highest BCUT2D eigenvalue weighted by molar-refractivity contribution is 6.33. The smallest absolute Gasteiger partial charge is 0.269 e. The lowest BCUT2D eigenvalue weighted by molar-refractivity contribution is -0.116. The Morgan fingerprint density at radius 1 is 1.20 bits per heavy atom. The van der Waals surface area contributed by atoms with Crippen molar-refractivity contribution < 1.29 is 9.59 Å². The number of halogens is 1. The van der Waals surface area contributed by atoms with Crippen molar-refractivity contribution in [2.24, 2.45) is 5.73 Å². The van der Waals surface area contributed by atoms with Gasteiger partial charge in [-0.15, -0.1) is 0 Å². The summed E-state index contributed by atoms with van der Waals surface area (Å²) in [6, 6.07) is 10.6. The second-order valence-corrected chi connectivity index (χ2v) is 5.97. The van der Waals surface area contributed by atoms with Crippen molar-refractivity contribution in [3.8, 4) is 16.8 Å². The van der Waals surface area contributed by atoms with Crippen LogP contribution in [0.1, 0.15) is 23.1 Å². The van der Waals surface area contributed by atoms with Crippen LogP contribution in [0.5, 0.6) is 0 Å². The average molecular weight is 355 g/mol. The topological polar surface area (TPSA) is 90.9 Å². The molecule has 0 unspecified atom stereocenters. The number of benzene rings is 1. The van der Waals surface area contributed by atoms with Crippen molar-refractivity contribution in [3.05, 3.63) is 65.2 Å². The molecule has 25 heavy (non-hydrogen) atoms. The fourth-order valence-electron chi connectivity index (χ4n) is 2.52. The molecule has 2 N–H and O–H groups in total. The molecular weight excluding hydrogens is 340 g/mol. The van der Waals surface area contributed by atoms with Crippen molar-refractivity contribution in [1.29, 1.82) is 0 Å². The number of carbonyl (C=O) groups excluding carboxylic acids is 2. The number of pyridine rings is 1. The zero-order valence-corrected chi connectivity index (χ0v) is 14.2. The number of rotatable bonds is 5. The van der Waals surface area contributed by atoms with Gasteiger partial charge in [0, 0.05) is 40.7 Å². The third kappa shape index (κ3) is 3.59. The molecule has 126 valence electrons. The van der Waals surface area contributed by atoms with Crippen LogP contribution in [0.4, 0.5) is 0 Å². The number of primary amides is 1. The number of nitrogens with zero attached hydrogens (tertiary/aromatic N) is 3. The Morgan fingerprint density at radius 3 is 2.64 bits per heavy atom. The highest BCUT2D eigenvalue weighted by Crippen LogP contribution is 2.30. The van der Waals surface area contributed by atoms with E-state index >= 15 is 0 Å². The number of hydrogen-bond donors (Lipinski definition) is 1. The Labute approximate surface area is 149 Å². The van der Waals surface area contributed by atoms with Crippen molar-refractivity contribution in [1.82, 2.24) is 14.8 Å². The first-order chi connectivity index (χ1) is 12.0. The number of Topliss-reactive ketones (excluding diaryl/α,β-unsaturated/α-hetero) is 1. The third-order valence-electron chi connectivity index (χ3n) is 3.61. The lowest BCUT2D eigenvalue weighted by Crippen LogP contribution is -2.13. The Balaban J connectivity index is 2.10. The fourth-order valence-corrected chi connectivity index (χ4v) is 2.76. The molecule has 2 aromatic heterocycles. The highest BCUT2D eigenvalue weighted by Gasteiger charge is 2.18. The number of amides is 1. The van der Waals surface area contributed by atoms with Gasteiger partial charge in [0.25, 0.3) is 5.91 Å². The van der Waals surface area contributed by atoms with Gasteiger partial charge in [0.1, 0.15) is 5.78 Å². The summed E-state index contributed by atoms with van der Waals surface area (Å²) in [7, 11) is 0. The maximum Gasteiger partial charge on any atom is 0.269 e. The Hall–Kier alpha value is -2.99. The number of nitrogens with two attached hydrogens (primary N) is 1. The van der Waals surface area contributed by atoms with Crippen LogP contribution in [0.3, 0.4) is 0 Å². The summed E-state index contributed by atoms with van der Waals surface area (Å²) in [4.78, 5) is 27.3. The summed E-state index contributed by atoms with van der Waals surface area (Å²) in [5, 5.41) is 4.79. The molecule has 3 rings (SSSR count). The van der Waals surface area contributed by atoms with Crippen molar-refractivity contribution in [2.45, 2.75) is 13.3 Å². The molecule has 1 aromatic carbocycles. The minimum absolute atomic E-state index is 0.0136. The standard InChI is InChI=1S/C18H15ClN4O2/c1-11(24)8-12-9-13(6-7-21-12)23-10-15(17(22-23)18(20)25)14-4-2-3-5-16(14)19/h2-7,9-10H,8H2,1H3,(H2,20,25). The molecule has 0 aliphatic rings. The first-order valence-electron chi connectivity index (χ1n) is 7.55. The van der Waals surface area contributed by atoms with Gasteiger partial charge in [-0.1, -0.05) is 29.8 Å². The molecule has 0 radical (unpaired) electrons. The molecule has 0 fully saturated rings. The second kappa shape index (κ2) is 6.86.